The van der Waals surface area contributed by atoms with Gasteiger partial charge in [0, 0.05) is 56.4 Å². The van der Waals surface area contributed by atoms with Gasteiger partial charge >= 0.3 is 18.0 Å². The molecule has 2 N–H and O–H groups in total. The number of carboxylic acids is 1. The standard InChI is InChI=1S/C35H46N4O7/c1-34(2,3)46-28(40)15-22-11-7-5-4-6-8-14-26-16-35(26,32(43)44)36-30(41)29-27-21-38(19-25(27)20-39(29)31(22)42)33(45)37-17-23-12-9-10-13-24(23)18-37/h8-10,12-14,22,25-27,29H,4-7,11,15-21H2,1-3H3,(H,36,41)(H,43,44)/b14-8-/t22-,25-,26+,27-,29-,35+/m0/s1. The summed E-state index contributed by atoms with van der Waals surface area (Å²) in [5.74, 6) is -3.81. The van der Waals surface area contributed by atoms with Crippen LogP contribution < -0.4 is 5.32 Å². The van der Waals surface area contributed by atoms with Crippen LogP contribution in [0.4, 0.5) is 4.79 Å². The van der Waals surface area contributed by atoms with E-state index in [0.717, 1.165) is 36.8 Å². The van der Waals surface area contributed by atoms with Crippen LogP contribution in [0, 0.1) is 23.7 Å². The molecule has 1 aromatic rings. The van der Waals surface area contributed by atoms with Gasteiger partial charge in [0.25, 0.3) is 0 Å². The molecule has 5 aliphatic rings. The summed E-state index contributed by atoms with van der Waals surface area (Å²) in [6, 6.07) is 6.94. The molecule has 0 radical (unpaired) electrons. The number of carbonyl (C=O) groups excluding carboxylic acids is 4. The summed E-state index contributed by atoms with van der Waals surface area (Å²) in [7, 11) is 0. The number of nitrogens with one attached hydrogen (secondary N) is 1. The zero-order valence-corrected chi connectivity index (χ0v) is 27.1. The van der Waals surface area contributed by atoms with E-state index in [-0.39, 0.29) is 42.7 Å². The number of fused-ring (bicyclic) bond motifs is 5. The molecule has 3 fully saturated rings. The number of rotatable bonds is 3. The van der Waals surface area contributed by atoms with Crippen LogP contribution in [-0.4, -0.2) is 86.4 Å². The first-order chi connectivity index (χ1) is 21.9. The van der Waals surface area contributed by atoms with Crippen molar-refractivity contribution in [3.05, 3.63) is 47.5 Å². The van der Waals surface area contributed by atoms with E-state index in [4.69, 9.17) is 4.74 Å². The van der Waals surface area contributed by atoms with Crippen LogP contribution in [0.5, 0.6) is 0 Å². The molecule has 1 saturated carbocycles. The highest BCUT2D eigenvalue weighted by atomic mass is 16.6. The predicted octanol–water partition coefficient (Wildman–Crippen LogP) is 3.71. The van der Waals surface area contributed by atoms with Crippen molar-refractivity contribution in [2.75, 3.05) is 19.6 Å². The van der Waals surface area contributed by atoms with E-state index >= 15 is 0 Å². The molecule has 0 unspecified atom stereocenters. The van der Waals surface area contributed by atoms with Gasteiger partial charge < -0.3 is 29.9 Å². The number of allylic oxidation sites excluding steroid dienone is 1. The minimum atomic E-state index is -1.41. The molecule has 0 spiro atoms. The lowest BCUT2D eigenvalue weighted by Gasteiger charge is -2.33. The Balaban J connectivity index is 1.25. The van der Waals surface area contributed by atoms with Crippen LogP contribution in [0.3, 0.4) is 0 Å². The first kappa shape index (κ1) is 32.1. The molecule has 248 valence electrons. The van der Waals surface area contributed by atoms with Crippen LogP contribution in [0.1, 0.15) is 76.8 Å². The fraction of sp³-hybridized carbons (Fsp3) is 0.629. The fourth-order valence-corrected chi connectivity index (χ4v) is 7.91. The monoisotopic (exact) mass is 634 g/mol. The van der Waals surface area contributed by atoms with Crippen LogP contribution in [0.25, 0.3) is 0 Å². The van der Waals surface area contributed by atoms with Crippen molar-refractivity contribution in [1.29, 1.82) is 0 Å². The van der Waals surface area contributed by atoms with E-state index < -0.39 is 40.9 Å². The van der Waals surface area contributed by atoms with Gasteiger partial charge in [-0.05, 0) is 57.6 Å². The second-order valence-corrected chi connectivity index (χ2v) is 14.8. The molecule has 1 aliphatic carbocycles. The average Bonchev–Trinajstić information content (AvgIpc) is 3.29. The van der Waals surface area contributed by atoms with Gasteiger partial charge in [0.05, 0.1) is 6.42 Å². The van der Waals surface area contributed by atoms with Crippen molar-refractivity contribution in [2.45, 2.75) is 96.0 Å². The van der Waals surface area contributed by atoms with Gasteiger partial charge in [0.2, 0.25) is 11.8 Å². The highest BCUT2D eigenvalue weighted by molar-refractivity contribution is 5.96. The largest absolute Gasteiger partial charge is 0.479 e. The van der Waals surface area contributed by atoms with E-state index in [1.165, 1.54) is 0 Å². The van der Waals surface area contributed by atoms with Gasteiger partial charge in [-0.3, -0.25) is 14.4 Å². The van der Waals surface area contributed by atoms with E-state index in [1.54, 1.807) is 30.6 Å². The first-order valence-electron chi connectivity index (χ1n) is 16.7. The molecule has 4 amide bonds. The third-order valence-electron chi connectivity index (χ3n) is 10.3. The number of hydrogen-bond donors (Lipinski definition) is 2. The maximum absolute atomic E-state index is 14.3. The minimum Gasteiger partial charge on any atom is -0.479 e. The Kier molecular flexibility index (Phi) is 8.63. The SMILES string of the molecule is CC(C)(C)OC(=O)C[C@@H]1CCCCC/C=C\[C@@H]2C[C@@]2(C(=O)O)NC(=O)[C@@H]2[C@H]3CN(C(=O)N4Cc5ccccc5C4)C[C@H]3CN2C1=O. The minimum absolute atomic E-state index is 0.0859. The average molecular weight is 635 g/mol. The number of aliphatic carboxylic acids is 1. The number of esters is 1. The number of ether oxygens (including phenoxy) is 1. The molecule has 6 atom stereocenters. The topological polar surface area (TPSA) is 137 Å². The Morgan fingerprint density at radius 3 is 2.39 bits per heavy atom. The maximum atomic E-state index is 14.3. The number of hydrogen-bond acceptors (Lipinski definition) is 6. The highest BCUT2D eigenvalue weighted by Gasteiger charge is 2.62. The Bertz CT molecular complexity index is 1410. The fourth-order valence-electron chi connectivity index (χ4n) is 7.91. The summed E-state index contributed by atoms with van der Waals surface area (Å²) < 4.78 is 5.58. The van der Waals surface area contributed by atoms with Crippen molar-refractivity contribution in [3.63, 3.8) is 0 Å². The summed E-state index contributed by atoms with van der Waals surface area (Å²) in [6.07, 6.45) is 7.83. The molecule has 0 aromatic heterocycles. The van der Waals surface area contributed by atoms with Gasteiger partial charge in [-0.1, -0.05) is 49.3 Å². The Hall–Kier alpha value is -3.89. The zero-order valence-electron chi connectivity index (χ0n) is 27.1. The van der Waals surface area contributed by atoms with Crippen molar-refractivity contribution in [2.24, 2.45) is 23.7 Å². The second-order valence-electron chi connectivity index (χ2n) is 14.8. The summed E-state index contributed by atoms with van der Waals surface area (Å²) in [5.41, 5.74) is 0.136. The highest BCUT2D eigenvalue weighted by Crippen LogP contribution is 2.46. The van der Waals surface area contributed by atoms with Gasteiger partial charge in [0.1, 0.15) is 17.2 Å². The zero-order chi connectivity index (χ0) is 32.8. The third-order valence-corrected chi connectivity index (χ3v) is 10.3. The molecule has 4 heterocycles. The third kappa shape index (κ3) is 6.37. The molecule has 4 aliphatic heterocycles. The number of likely N-dealkylation sites (tertiary alicyclic amines) is 1. The number of carbonyl (C=O) groups is 5. The summed E-state index contributed by atoms with van der Waals surface area (Å²) in [6.45, 7) is 7.37. The predicted molar refractivity (Wildman–Crippen MR) is 168 cm³/mol. The molecule has 6 rings (SSSR count). The summed E-state index contributed by atoms with van der Waals surface area (Å²) in [4.78, 5) is 72.8. The van der Waals surface area contributed by atoms with Crippen molar-refractivity contribution in [3.8, 4) is 0 Å². The van der Waals surface area contributed by atoms with E-state index in [0.29, 0.717) is 39.0 Å². The smallest absolute Gasteiger partial charge is 0.330 e. The van der Waals surface area contributed by atoms with Crippen molar-refractivity contribution >= 4 is 29.8 Å². The van der Waals surface area contributed by atoms with Crippen LogP contribution >= 0.6 is 0 Å². The second kappa shape index (κ2) is 12.4. The van der Waals surface area contributed by atoms with E-state index in [9.17, 15) is 29.1 Å². The van der Waals surface area contributed by atoms with Gasteiger partial charge in [-0.25, -0.2) is 9.59 Å². The van der Waals surface area contributed by atoms with Gasteiger partial charge in [0.15, 0.2) is 0 Å². The molecule has 46 heavy (non-hydrogen) atoms. The van der Waals surface area contributed by atoms with E-state index in [2.05, 4.69) is 5.32 Å². The quantitative estimate of drug-likeness (QED) is 0.382. The normalized spacial score (nSPS) is 31.9. The molecule has 11 nitrogen and oxygen atoms in total. The maximum Gasteiger partial charge on any atom is 0.330 e. The van der Waals surface area contributed by atoms with E-state index in [1.807, 2.05) is 41.3 Å². The van der Waals surface area contributed by atoms with Gasteiger partial charge in [-0.15, -0.1) is 0 Å². The molecule has 2 saturated heterocycles. The number of carboxylic acid groups (broad SMARTS) is 1. The van der Waals surface area contributed by atoms with Gasteiger partial charge in [-0.2, -0.15) is 0 Å². The molecule has 11 heteroatoms. The number of urea groups is 1. The number of benzene rings is 1. The van der Waals surface area contributed by atoms with Crippen LogP contribution in [0.15, 0.2) is 36.4 Å². The van der Waals surface area contributed by atoms with Crippen molar-refractivity contribution in [1.82, 2.24) is 20.0 Å². The molecule has 1 aromatic carbocycles. The lowest BCUT2D eigenvalue weighted by atomic mass is 9.92. The molecule has 0 bridgehead atoms. The number of nitrogens with zero attached hydrogens (tertiary/aromatic N) is 3. The Labute approximate surface area is 270 Å². The number of amides is 4. The van der Waals surface area contributed by atoms with Crippen LogP contribution in [0.2, 0.25) is 0 Å². The van der Waals surface area contributed by atoms with Crippen LogP contribution in [-0.2, 0) is 37.0 Å². The summed E-state index contributed by atoms with van der Waals surface area (Å²) >= 11 is 0. The Morgan fingerprint density at radius 1 is 1.00 bits per heavy atom. The molecular formula is C35H46N4O7. The lowest BCUT2D eigenvalue weighted by molar-refractivity contribution is -0.159. The lowest BCUT2D eigenvalue weighted by Crippen LogP contribution is -2.56. The summed E-state index contributed by atoms with van der Waals surface area (Å²) in [5, 5.41) is 13.0. The Morgan fingerprint density at radius 2 is 1.72 bits per heavy atom. The molecular weight excluding hydrogens is 588 g/mol. The first-order valence-corrected chi connectivity index (χ1v) is 16.7. The van der Waals surface area contributed by atoms with Crippen molar-refractivity contribution < 1.29 is 33.8 Å².